The molecule has 0 radical (unpaired) electrons. The predicted molar refractivity (Wildman–Crippen MR) is 62.3 cm³/mol. The molecule has 1 aromatic carbocycles. The quantitative estimate of drug-likeness (QED) is 0.734. The van der Waals surface area contributed by atoms with Crippen LogP contribution in [0.4, 0.5) is 0 Å². The molecule has 0 saturated carbocycles. The second-order valence-electron chi connectivity index (χ2n) is 3.52. The Bertz CT molecular complexity index is 241. The summed E-state index contributed by atoms with van der Waals surface area (Å²) in [5, 5.41) is 0. The van der Waals surface area contributed by atoms with Crippen molar-refractivity contribution in [2.45, 2.75) is 26.7 Å². The average Bonchev–Trinajstić information content (AvgIpc) is 2.03. The lowest BCUT2D eigenvalue weighted by Gasteiger charge is -2.05. The van der Waals surface area contributed by atoms with E-state index in [1.54, 1.807) is 0 Å². The minimum atomic E-state index is 0.806. The molecule has 66 valence electrons. The number of hydrogen-bond acceptors (Lipinski definition) is 0. The molecule has 0 atom stereocenters. The first-order valence-corrected chi connectivity index (χ1v) is 5.51. The van der Waals surface area contributed by atoms with Crippen LogP contribution < -0.4 is 0 Å². The van der Waals surface area contributed by atoms with Crippen LogP contribution >= 0.6 is 22.6 Å². The Morgan fingerprint density at radius 2 is 1.92 bits per heavy atom. The summed E-state index contributed by atoms with van der Waals surface area (Å²) in [7, 11) is 0. The monoisotopic (exact) mass is 274 g/mol. The highest BCUT2D eigenvalue weighted by molar-refractivity contribution is 14.1. The fourth-order valence-corrected chi connectivity index (χ4v) is 1.80. The second-order valence-corrected chi connectivity index (χ2v) is 4.69. The third kappa shape index (κ3) is 3.13. The molecule has 1 heteroatoms. The van der Waals surface area contributed by atoms with Crippen LogP contribution in [0.15, 0.2) is 24.3 Å². The topological polar surface area (TPSA) is 0 Å². The van der Waals surface area contributed by atoms with Gasteiger partial charge in [-0.2, -0.15) is 0 Å². The smallest absolute Gasteiger partial charge is 0.0162 e. The van der Waals surface area contributed by atoms with Crippen molar-refractivity contribution < 1.29 is 0 Å². The van der Waals surface area contributed by atoms with Gasteiger partial charge in [-0.3, -0.25) is 0 Å². The van der Waals surface area contributed by atoms with Crippen LogP contribution in [0.2, 0.25) is 0 Å². The van der Waals surface area contributed by atoms with Crippen molar-refractivity contribution in [3.63, 3.8) is 0 Å². The van der Waals surface area contributed by atoms with E-state index in [2.05, 4.69) is 60.7 Å². The van der Waals surface area contributed by atoms with Crippen molar-refractivity contribution in [2.75, 3.05) is 0 Å². The van der Waals surface area contributed by atoms with Crippen LogP contribution in [0, 0.1) is 9.49 Å². The molecule has 12 heavy (non-hydrogen) atoms. The molecular formula is C11H15I. The van der Waals surface area contributed by atoms with Gasteiger partial charge in [0.1, 0.15) is 0 Å². The van der Waals surface area contributed by atoms with Crippen LogP contribution in [-0.4, -0.2) is 0 Å². The lowest BCUT2D eigenvalue weighted by Crippen LogP contribution is -1.93. The van der Waals surface area contributed by atoms with E-state index < -0.39 is 0 Å². The van der Waals surface area contributed by atoms with Crippen molar-refractivity contribution in [1.29, 1.82) is 0 Å². The summed E-state index contributed by atoms with van der Waals surface area (Å²) in [6.07, 6.45) is 2.51. The van der Waals surface area contributed by atoms with Gasteiger partial charge in [0.15, 0.2) is 0 Å². The zero-order valence-corrected chi connectivity index (χ0v) is 9.84. The lowest BCUT2D eigenvalue weighted by atomic mass is 10.0. The van der Waals surface area contributed by atoms with Crippen molar-refractivity contribution >= 4 is 22.6 Å². The molecule has 0 heterocycles. The molecule has 0 saturated heterocycles. The highest BCUT2D eigenvalue weighted by Gasteiger charge is 1.99. The van der Waals surface area contributed by atoms with Gasteiger partial charge in [0.2, 0.25) is 0 Å². The average molecular weight is 274 g/mol. The molecule has 0 spiro atoms. The van der Waals surface area contributed by atoms with Gasteiger partial charge < -0.3 is 0 Å². The Morgan fingerprint density at radius 3 is 2.50 bits per heavy atom. The van der Waals surface area contributed by atoms with Gasteiger partial charge in [-0.1, -0.05) is 32.0 Å². The summed E-state index contributed by atoms with van der Waals surface area (Å²) in [4.78, 5) is 0. The van der Waals surface area contributed by atoms with Crippen LogP contribution in [-0.2, 0) is 6.42 Å². The lowest BCUT2D eigenvalue weighted by molar-refractivity contribution is 0.586. The minimum absolute atomic E-state index is 0.806. The van der Waals surface area contributed by atoms with E-state index in [0.717, 1.165) is 5.92 Å². The Kier molecular flexibility index (Phi) is 4.06. The van der Waals surface area contributed by atoms with Crippen molar-refractivity contribution in [2.24, 2.45) is 5.92 Å². The van der Waals surface area contributed by atoms with Crippen LogP contribution in [0.1, 0.15) is 25.8 Å². The third-order valence-electron chi connectivity index (χ3n) is 1.95. The summed E-state index contributed by atoms with van der Waals surface area (Å²) in [6.45, 7) is 4.55. The molecule has 1 aromatic rings. The number of benzene rings is 1. The molecular weight excluding hydrogens is 259 g/mol. The van der Waals surface area contributed by atoms with E-state index in [-0.39, 0.29) is 0 Å². The van der Waals surface area contributed by atoms with Gasteiger partial charge in [0.05, 0.1) is 0 Å². The number of rotatable bonds is 3. The highest BCUT2D eigenvalue weighted by atomic mass is 127. The van der Waals surface area contributed by atoms with Gasteiger partial charge >= 0.3 is 0 Å². The fraction of sp³-hybridized carbons (Fsp3) is 0.455. The summed E-state index contributed by atoms with van der Waals surface area (Å²) in [6, 6.07) is 8.62. The zero-order valence-electron chi connectivity index (χ0n) is 7.68. The SMILES string of the molecule is CC(C)CCc1ccccc1I. The maximum atomic E-state index is 2.41. The molecule has 0 N–H and O–H groups in total. The summed E-state index contributed by atoms with van der Waals surface area (Å²) >= 11 is 2.41. The molecule has 0 amide bonds. The maximum absolute atomic E-state index is 2.41. The van der Waals surface area contributed by atoms with E-state index in [4.69, 9.17) is 0 Å². The number of halogens is 1. The summed E-state index contributed by atoms with van der Waals surface area (Å²) < 4.78 is 1.40. The second kappa shape index (κ2) is 4.85. The molecule has 0 aromatic heterocycles. The van der Waals surface area contributed by atoms with Gasteiger partial charge in [0, 0.05) is 3.57 Å². The highest BCUT2D eigenvalue weighted by Crippen LogP contribution is 2.15. The number of aryl methyl sites for hydroxylation is 1. The van der Waals surface area contributed by atoms with Crippen molar-refractivity contribution in [3.8, 4) is 0 Å². The Labute approximate surface area is 88.5 Å². The van der Waals surface area contributed by atoms with Crippen LogP contribution in [0.25, 0.3) is 0 Å². The Morgan fingerprint density at radius 1 is 1.25 bits per heavy atom. The first-order valence-electron chi connectivity index (χ1n) is 4.43. The molecule has 0 fully saturated rings. The van der Waals surface area contributed by atoms with Crippen molar-refractivity contribution in [1.82, 2.24) is 0 Å². The van der Waals surface area contributed by atoms with Gasteiger partial charge in [-0.25, -0.2) is 0 Å². The van der Waals surface area contributed by atoms with E-state index in [9.17, 15) is 0 Å². The summed E-state index contributed by atoms with van der Waals surface area (Å²) in [5.41, 5.74) is 1.49. The zero-order chi connectivity index (χ0) is 8.97. The van der Waals surface area contributed by atoms with Gasteiger partial charge in [0.25, 0.3) is 0 Å². The predicted octanol–water partition coefficient (Wildman–Crippen LogP) is 3.88. The Hall–Kier alpha value is -0.0500. The van der Waals surface area contributed by atoms with Gasteiger partial charge in [-0.05, 0) is 53.0 Å². The van der Waals surface area contributed by atoms with E-state index in [1.807, 2.05) is 0 Å². The molecule has 1 rings (SSSR count). The largest absolute Gasteiger partial charge is 0.0628 e. The molecule has 0 aliphatic carbocycles. The normalized spacial score (nSPS) is 10.7. The van der Waals surface area contributed by atoms with Gasteiger partial charge in [-0.15, -0.1) is 0 Å². The molecule has 0 aliphatic rings. The van der Waals surface area contributed by atoms with E-state index in [1.165, 1.54) is 22.0 Å². The molecule has 0 nitrogen and oxygen atoms in total. The summed E-state index contributed by atoms with van der Waals surface area (Å²) in [5.74, 6) is 0.806. The third-order valence-corrected chi connectivity index (χ3v) is 3.00. The Balaban J connectivity index is 2.57. The van der Waals surface area contributed by atoms with E-state index in [0.29, 0.717) is 0 Å². The first-order chi connectivity index (χ1) is 5.70. The van der Waals surface area contributed by atoms with E-state index >= 15 is 0 Å². The molecule has 0 unspecified atom stereocenters. The standard InChI is InChI=1S/C11H15I/c1-9(2)7-8-10-5-3-4-6-11(10)12/h3-6,9H,7-8H2,1-2H3. The van der Waals surface area contributed by atoms with Crippen molar-refractivity contribution in [3.05, 3.63) is 33.4 Å². The molecule has 0 aliphatic heterocycles. The minimum Gasteiger partial charge on any atom is -0.0628 e. The molecule has 0 bridgehead atoms. The van der Waals surface area contributed by atoms with Crippen LogP contribution in [0.3, 0.4) is 0 Å². The maximum Gasteiger partial charge on any atom is 0.0162 e. The first kappa shape index (κ1) is 10.0. The van der Waals surface area contributed by atoms with Crippen LogP contribution in [0.5, 0.6) is 0 Å². The fourth-order valence-electron chi connectivity index (χ4n) is 1.15. The number of hydrogen-bond donors (Lipinski definition) is 0.